The molecule has 2 heterocycles. The van der Waals surface area contributed by atoms with Crippen molar-refractivity contribution in [3.63, 3.8) is 0 Å². The van der Waals surface area contributed by atoms with E-state index in [0.29, 0.717) is 17.6 Å². The predicted octanol–water partition coefficient (Wildman–Crippen LogP) is 3.86. The SMILES string of the molecule is Clc1cc(NCc2ccccc2Cn2cccn2)nc(C2CC2)n1. The van der Waals surface area contributed by atoms with Crippen molar-refractivity contribution in [1.82, 2.24) is 19.7 Å². The third-order valence-corrected chi connectivity index (χ3v) is 4.32. The first kappa shape index (κ1) is 15.1. The number of hydrogen-bond donors (Lipinski definition) is 1. The average Bonchev–Trinajstić information content (AvgIpc) is 3.32. The monoisotopic (exact) mass is 339 g/mol. The van der Waals surface area contributed by atoms with Gasteiger partial charge in [0.15, 0.2) is 0 Å². The molecule has 1 aliphatic rings. The van der Waals surface area contributed by atoms with E-state index in [9.17, 15) is 0 Å². The minimum Gasteiger partial charge on any atom is -0.366 e. The van der Waals surface area contributed by atoms with Gasteiger partial charge in [-0.1, -0.05) is 35.9 Å². The molecule has 0 spiro atoms. The van der Waals surface area contributed by atoms with Crippen molar-refractivity contribution >= 4 is 17.4 Å². The molecule has 0 atom stereocenters. The predicted molar refractivity (Wildman–Crippen MR) is 94.1 cm³/mol. The first-order chi connectivity index (χ1) is 11.8. The van der Waals surface area contributed by atoms with Gasteiger partial charge in [0.05, 0.1) is 6.54 Å². The number of nitrogens with one attached hydrogen (secondary N) is 1. The van der Waals surface area contributed by atoms with E-state index in [2.05, 4.69) is 38.6 Å². The molecular formula is C18H18ClN5. The topological polar surface area (TPSA) is 55.6 Å². The lowest BCUT2D eigenvalue weighted by atomic mass is 10.1. The van der Waals surface area contributed by atoms with E-state index in [0.717, 1.165) is 31.0 Å². The van der Waals surface area contributed by atoms with Crippen LogP contribution in [0.15, 0.2) is 48.8 Å². The second-order valence-corrected chi connectivity index (χ2v) is 6.42. The summed E-state index contributed by atoms with van der Waals surface area (Å²) in [5.41, 5.74) is 2.45. The van der Waals surface area contributed by atoms with E-state index in [-0.39, 0.29) is 0 Å². The molecule has 0 amide bonds. The second-order valence-electron chi connectivity index (χ2n) is 6.03. The highest BCUT2D eigenvalue weighted by atomic mass is 35.5. The van der Waals surface area contributed by atoms with Gasteiger partial charge >= 0.3 is 0 Å². The Labute approximate surface area is 145 Å². The Bertz CT molecular complexity index is 827. The van der Waals surface area contributed by atoms with Crippen LogP contribution in [0.25, 0.3) is 0 Å². The molecule has 1 aliphatic carbocycles. The van der Waals surface area contributed by atoms with Gasteiger partial charge in [-0.3, -0.25) is 4.68 Å². The van der Waals surface area contributed by atoms with Crippen LogP contribution in [-0.4, -0.2) is 19.7 Å². The van der Waals surface area contributed by atoms with Crippen LogP contribution < -0.4 is 5.32 Å². The molecule has 5 nitrogen and oxygen atoms in total. The van der Waals surface area contributed by atoms with Crippen LogP contribution in [0.5, 0.6) is 0 Å². The quantitative estimate of drug-likeness (QED) is 0.693. The molecule has 0 radical (unpaired) electrons. The fourth-order valence-corrected chi connectivity index (χ4v) is 2.88. The van der Waals surface area contributed by atoms with Crippen LogP contribution in [0.1, 0.15) is 35.7 Å². The fourth-order valence-electron chi connectivity index (χ4n) is 2.69. The van der Waals surface area contributed by atoms with Gasteiger partial charge in [-0.05, 0) is 30.0 Å². The maximum Gasteiger partial charge on any atom is 0.135 e. The molecule has 0 bridgehead atoms. The van der Waals surface area contributed by atoms with Gasteiger partial charge in [0.2, 0.25) is 0 Å². The smallest absolute Gasteiger partial charge is 0.135 e. The first-order valence-corrected chi connectivity index (χ1v) is 8.48. The highest BCUT2D eigenvalue weighted by Gasteiger charge is 2.27. The van der Waals surface area contributed by atoms with Gasteiger partial charge in [-0.25, -0.2) is 9.97 Å². The van der Waals surface area contributed by atoms with E-state index >= 15 is 0 Å². The molecule has 122 valence electrons. The van der Waals surface area contributed by atoms with E-state index in [1.54, 1.807) is 12.3 Å². The Kier molecular flexibility index (Phi) is 4.17. The summed E-state index contributed by atoms with van der Waals surface area (Å²) in [5.74, 6) is 2.12. The minimum absolute atomic E-state index is 0.483. The van der Waals surface area contributed by atoms with E-state index < -0.39 is 0 Å². The Hall–Kier alpha value is -2.40. The minimum atomic E-state index is 0.483. The summed E-state index contributed by atoms with van der Waals surface area (Å²) in [4.78, 5) is 8.91. The summed E-state index contributed by atoms with van der Waals surface area (Å²) in [6, 6.07) is 12.1. The maximum absolute atomic E-state index is 6.13. The van der Waals surface area contributed by atoms with E-state index in [4.69, 9.17) is 11.6 Å². The van der Waals surface area contributed by atoms with Crippen molar-refractivity contribution in [2.75, 3.05) is 5.32 Å². The third kappa shape index (κ3) is 3.57. The van der Waals surface area contributed by atoms with E-state index in [1.165, 1.54) is 11.1 Å². The van der Waals surface area contributed by atoms with Crippen molar-refractivity contribution < 1.29 is 0 Å². The van der Waals surface area contributed by atoms with Crippen LogP contribution >= 0.6 is 11.6 Å². The lowest BCUT2D eigenvalue weighted by Gasteiger charge is -2.12. The third-order valence-electron chi connectivity index (χ3n) is 4.12. The molecule has 0 aliphatic heterocycles. The largest absolute Gasteiger partial charge is 0.366 e. The summed E-state index contributed by atoms with van der Waals surface area (Å²) in [5, 5.41) is 8.16. The zero-order chi connectivity index (χ0) is 16.4. The zero-order valence-electron chi connectivity index (χ0n) is 13.2. The Balaban J connectivity index is 1.50. The zero-order valence-corrected chi connectivity index (χ0v) is 13.9. The van der Waals surface area contributed by atoms with E-state index in [1.807, 2.05) is 23.0 Å². The molecule has 2 aromatic heterocycles. The Morgan fingerprint density at radius 1 is 1.12 bits per heavy atom. The van der Waals surface area contributed by atoms with Crippen molar-refractivity contribution in [3.05, 3.63) is 70.9 Å². The van der Waals surface area contributed by atoms with Gasteiger partial charge in [0, 0.05) is 30.9 Å². The van der Waals surface area contributed by atoms with Gasteiger partial charge in [-0.2, -0.15) is 5.10 Å². The molecule has 0 unspecified atom stereocenters. The van der Waals surface area contributed by atoms with Crippen LogP contribution in [0.4, 0.5) is 5.82 Å². The summed E-state index contributed by atoms with van der Waals surface area (Å²) in [6.45, 7) is 1.44. The summed E-state index contributed by atoms with van der Waals surface area (Å²) in [7, 11) is 0. The molecule has 3 aromatic rings. The maximum atomic E-state index is 6.13. The summed E-state index contributed by atoms with van der Waals surface area (Å²) >= 11 is 6.13. The van der Waals surface area contributed by atoms with Gasteiger partial charge in [-0.15, -0.1) is 0 Å². The van der Waals surface area contributed by atoms with Crippen molar-refractivity contribution in [2.24, 2.45) is 0 Å². The molecule has 1 saturated carbocycles. The highest BCUT2D eigenvalue weighted by Crippen LogP contribution is 2.38. The Morgan fingerprint density at radius 2 is 1.96 bits per heavy atom. The van der Waals surface area contributed by atoms with Crippen LogP contribution in [0.3, 0.4) is 0 Å². The standard InChI is InChI=1S/C18H18ClN5/c19-16-10-17(23-18(22-16)13-6-7-13)20-11-14-4-1-2-5-15(14)12-24-9-3-8-21-24/h1-5,8-10,13H,6-7,11-12H2,(H,20,22,23). The molecule has 1 aromatic carbocycles. The van der Waals surface area contributed by atoms with Gasteiger partial charge < -0.3 is 5.32 Å². The molecule has 0 saturated heterocycles. The van der Waals surface area contributed by atoms with Crippen molar-refractivity contribution in [3.8, 4) is 0 Å². The number of anilines is 1. The van der Waals surface area contributed by atoms with Crippen molar-refractivity contribution in [1.29, 1.82) is 0 Å². The molecule has 1 N–H and O–H groups in total. The molecule has 4 rings (SSSR count). The molecule has 1 fully saturated rings. The lowest BCUT2D eigenvalue weighted by molar-refractivity contribution is 0.682. The Morgan fingerprint density at radius 3 is 2.71 bits per heavy atom. The number of rotatable bonds is 6. The molecule has 6 heteroatoms. The van der Waals surface area contributed by atoms with Crippen LogP contribution in [0.2, 0.25) is 5.15 Å². The lowest BCUT2D eigenvalue weighted by Crippen LogP contribution is -2.08. The van der Waals surface area contributed by atoms with Gasteiger partial charge in [0.25, 0.3) is 0 Å². The second kappa shape index (κ2) is 6.61. The average molecular weight is 340 g/mol. The van der Waals surface area contributed by atoms with Gasteiger partial charge in [0.1, 0.15) is 16.8 Å². The number of halogens is 1. The fraction of sp³-hybridized carbons (Fsp3) is 0.278. The van der Waals surface area contributed by atoms with Crippen molar-refractivity contribution in [2.45, 2.75) is 31.8 Å². The number of hydrogen-bond acceptors (Lipinski definition) is 4. The highest BCUT2D eigenvalue weighted by molar-refractivity contribution is 6.29. The summed E-state index contributed by atoms with van der Waals surface area (Å²) < 4.78 is 1.92. The number of aromatic nitrogens is 4. The first-order valence-electron chi connectivity index (χ1n) is 8.10. The number of benzene rings is 1. The van der Waals surface area contributed by atoms with Crippen LogP contribution in [0, 0.1) is 0 Å². The molecular weight excluding hydrogens is 322 g/mol. The normalized spacial score (nSPS) is 13.9. The number of nitrogens with zero attached hydrogens (tertiary/aromatic N) is 4. The summed E-state index contributed by atoms with van der Waals surface area (Å²) in [6.07, 6.45) is 6.08. The van der Waals surface area contributed by atoms with Crippen LogP contribution in [-0.2, 0) is 13.1 Å². The molecule has 24 heavy (non-hydrogen) atoms.